The molecule has 0 fully saturated rings. The normalized spacial score (nSPS) is 10.3. The standard InChI is InChI=1S/C11H9ClINS/c12-10-5-9(13)1-2-11(10)14-6-8-3-4-15-7-8/h1-5,7,14H,6H2. The van der Waals surface area contributed by atoms with Crippen molar-refractivity contribution in [3.8, 4) is 0 Å². The average molecular weight is 350 g/mol. The molecule has 1 aromatic carbocycles. The van der Waals surface area contributed by atoms with Gasteiger partial charge >= 0.3 is 0 Å². The molecule has 0 unspecified atom stereocenters. The summed E-state index contributed by atoms with van der Waals surface area (Å²) < 4.78 is 1.15. The molecule has 0 aliphatic rings. The summed E-state index contributed by atoms with van der Waals surface area (Å²) in [7, 11) is 0. The SMILES string of the molecule is Clc1cc(I)ccc1NCc1ccsc1. The third kappa shape index (κ3) is 3.09. The van der Waals surface area contributed by atoms with Crippen molar-refractivity contribution in [1.29, 1.82) is 0 Å². The monoisotopic (exact) mass is 349 g/mol. The number of hydrogen-bond donors (Lipinski definition) is 1. The van der Waals surface area contributed by atoms with Crippen molar-refractivity contribution < 1.29 is 0 Å². The lowest BCUT2D eigenvalue weighted by molar-refractivity contribution is 1.16. The maximum atomic E-state index is 6.10. The summed E-state index contributed by atoms with van der Waals surface area (Å²) in [5, 5.41) is 8.30. The number of anilines is 1. The minimum absolute atomic E-state index is 0.775. The zero-order chi connectivity index (χ0) is 10.7. The highest BCUT2D eigenvalue weighted by Gasteiger charge is 2.00. The van der Waals surface area contributed by atoms with E-state index in [2.05, 4.69) is 44.7 Å². The second kappa shape index (κ2) is 5.18. The predicted octanol–water partition coefficient (Wildman–Crippen LogP) is 4.62. The van der Waals surface area contributed by atoms with Crippen molar-refractivity contribution in [3.63, 3.8) is 0 Å². The van der Waals surface area contributed by atoms with Crippen molar-refractivity contribution in [2.45, 2.75) is 6.54 Å². The Labute approximate surface area is 112 Å². The minimum Gasteiger partial charge on any atom is -0.380 e. The van der Waals surface area contributed by atoms with Crippen LogP contribution in [0.4, 0.5) is 5.69 Å². The maximum Gasteiger partial charge on any atom is 0.0648 e. The Kier molecular flexibility index (Phi) is 3.88. The lowest BCUT2D eigenvalue weighted by Gasteiger charge is -2.07. The van der Waals surface area contributed by atoms with Gasteiger partial charge in [0.05, 0.1) is 10.7 Å². The van der Waals surface area contributed by atoms with Crippen LogP contribution in [-0.2, 0) is 6.54 Å². The third-order valence-electron chi connectivity index (χ3n) is 1.99. The summed E-state index contributed by atoms with van der Waals surface area (Å²) in [6.07, 6.45) is 0. The van der Waals surface area contributed by atoms with E-state index >= 15 is 0 Å². The minimum atomic E-state index is 0.775. The number of nitrogens with one attached hydrogen (secondary N) is 1. The van der Waals surface area contributed by atoms with Crippen molar-refractivity contribution in [2.75, 3.05) is 5.32 Å². The molecule has 1 heterocycles. The number of benzene rings is 1. The van der Waals surface area contributed by atoms with Crippen LogP contribution in [0, 0.1) is 3.57 Å². The molecule has 2 aromatic rings. The van der Waals surface area contributed by atoms with Gasteiger partial charge in [-0.05, 0) is 63.2 Å². The Morgan fingerprint density at radius 3 is 2.87 bits per heavy atom. The lowest BCUT2D eigenvalue weighted by atomic mass is 10.3. The first kappa shape index (κ1) is 11.2. The summed E-state index contributed by atoms with van der Waals surface area (Å²) in [5.41, 5.74) is 2.28. The first-order valence-corrected chi connectivity index (χ1v) is 6.85. The summed E-state index contributed by atoms with van der Waals surface area (Å²) in [6, 6.07) is 8.12. The van der Waals surface area contributed by atoms with E-state index in [-0.39, 0.29) is 0 Å². The Bertz CT molecular complexity index is 442. The molecule has 15 heavy (non-hydrogen) atoms. The van der Waals surface area contributed by atoms with Crippen LogP contribution < -0.4 is 5.32 Å². The second-order valence-corrected chi connectivity index (χ2v) is 5.54. The van der Waals surface area contributed by atoms with E-state index in [4.69, 9.17) is 11.6 Å². The number of thiophene rings is 1. The van der Waals surface area contributed by atoms with E-state index in [1.54, 1.807) is 11.3 Å². The van der Waals surface area contributed by atoms with E-state index < -0.39 is 0 Å². The topological polar surface area (TPSA) is 12.0 Å². The molecule has 1 aromatic heterocycles. The molecule has 0 aliphatic carbocycles. The molecule has 0 aliphatic heterocycles. The molecule has 0 bridgehead atoms. The Hall–Kier alpha value is -0.260. The fourth-order valence-corrected chi connectivity index (χ4v) is 2.81. The second-order valence-electron chi connectivity index (χ2n) is 3.11. The third-order valence-corrected chi connectivity index (χ3v) is 3.71. The zero-order valence-corrected chi connectivity index (χ0v) is 11.6. The smallest absolute Gasteiger partial charge is 0.0648 e. The molecule has 0 amide bonds. The van der Waals surface area contributed by atoms with Gasteiger partial charge in [0, 0.05) is 10.1 Å². The first-order valence-electron chi connectivity index (χ1n) is 4.46. The van der Waals surface area contributed by atoms with Crippen LogP contribution in [0.5, 0.6) is 0 Å². The van der Waals surface area contributed by atoms with Crippen LogP contribution in [0.25, 0.3) is 0 Å². The summed E-state index contributed by atoms with van der Waals surface area (Å²) >= 11 is 10.1. The summed E-state index contributed by atoms with van der Waals surface area (Å²) in [4.78, 5) is 0. The maximum absolute atomic E-state index is 6.10. The van der Waals surface area contributed by atoms with Gasteiger partial charge in [-0.3, -0.25) is 0 Å². The van der Waals surface area contributed by atoms with Crippen molar-refractivity contribution >= 4 is 51.2 Å². The van der Waals surface area contributed by atoms with Crippen LogP contribution >= 0.6 is 45.5 Å². The van der Waals surface area contributed by atoms with E-state index in [0.717, 1.165) is 20.8 Å². The molecule has 2 rings (SSSR count). The van der Waals surface area contributed by atoms with Crippen LogP contribution in [0.2, 0.25) is 5.02 Å². The highest BCUT2D eigenvalue weighted by Crippen LogP contribution is 2.24. The van der Waals surface area contributed by atoms with Crippen LogP contribution in [0.3, 0.4) is 0 Å². The summed E-state index contributed by atoms with van der Waals surface area (Å²) in [6.45, 7) is 0.823. The van der Waals surface area contributed by atoms with Gasteiger partial charge in [0.1, 0.15) is 0 Å². The molecule has 0 spiro atoms. The van der Waals surface area contributed by atoms with Crippen LogP contribution in [-0.4, -0.2) is 0 Å². The molecular formula is C11H9ClINS. The highest BCUT2D eigenvalue weighted by atomic mass is 127. The van der Waals surface area contributed by atoms with Crippen LogP contribution in [0.15, 0.2) is 35.0 Å². The summed E-state index contributed by atoms with van der Waals surface area (Å²) in [5.74, 6) is 0. The van der Waals surface area contributed by atoms with E-state index in [1.807, 2.05) is 18.2 Å². The molecule has 4 heteroatoms. The molecule has 0 saturated heterocycles. The lowest BCUT2D eigenvalue weighted by Crippen LogP contribution is -1.98. The van der Waals surface area contributed by atoms with E-state index in [1.165, 1.54) is 5.56 Å². The molecular weight excluding hydrogens is 341 g/mol. The van der Waals surface area contributed by atoms with Gasteiger partial charge in [0.2, 0.25) is 0 Å². The Balaban J connectivity index is 2.05. The molecule has 0 atom stereocenters. The van der Waals surface area contributed by atoms with Gasteiger partial charge in [-0.1, -0.05) is 11.6 Å². The number of rotatable bonds is 3. The van der Waals surface area contributed by atoms with Crippen molar-refractivity contribution in [3.05, 3.63) is 49.2 Å². The van der Waals surface area contributed by atoms with Crippen molar-refractivity contribution in [1.82, 2.24) is 0 Å². The Morgan fingerprint density at radius 2 is 2.20 bits per heavy atom. The van der Waals surface area contributed by atoms with E-state index in [0.29, 0.717) is 0 Å². The van der Waals surface area contributed by atoms with Gasteiger partial charge in [0.15, 0.2) is 0 Å². The van der Waals surface area contributed by atoms with E-state index in [9.17, 15) is 0 Å². The highest BCUT2D eigenvalue weighted by molar-refractivity contribution is 14.1. The zero-order valence-electron chi connectivity index (χ0n) is 7.84. The van der Waals surface area contributed by atoms with Gasteiger partial charge in [-0.2, -0.15) is 11.3 Å². The van der Waals surface area contributed by atoms with Gasteiger partial charge < -0.3 is 5.32 Å². The number of halogens is 2. The van der Waals surface area contributed by atoms with Gasteiger partial charge in [0.25, 0.3) is 0 Å². The fourth-order valence-electron chi connectivity index (χ4n) is 1.22. The van der Waals surface area contributed by atoms with Crippen molar-refractivity contribution in [2.24, 2.45) is 0 Å². The van der Waals surface area contributed by atoms with Crippen LogP contribution in [0.1, 0.15) is 5.56 Å². The molecule has 1 nitrogen and oxygen atoms in total. The Morgan fingerprint density at radius 1 is 1.33 bits per heavy atom. The molecule has 1 N–H and O–H groups in total. The predicted molar refractivity (Wildman–Crippen MR) is 75.8 cm³/mol. The van der Waals surface area contributed by atoms with Gasteiger partial charge in [-0.15, -0.1) is 0 Å². The molecule has 0 saturated carbocycles. The quantitative estimate of drug-likeness (QED) is 0.797. The largest absolute Gasteiger partial charge is 0.380 e. The average Bonchev–Trinajstić information content (AvgIpc) is 2.69. The fraction of sp³-hybridized carbons (Fsp3) is 0.0909. The van der Waals surface area contributed by atoms with Gasteiger partial charge in [-0.25, -0.2) is 0 Å². The first-order chi connectivity index (χ1) is 7.25. The number of hydrogen-bond acceptors (Lipinski definition) is 2. The molecule has 78 valence electrons. The molecule has 0 radical (unpaired) electrons.